The summed E-state index contributed by atoms with van der Waals surface area (Å²) in [7, 11) is -4.93. The van der Waals surface area contributed by atoms with E-state index in [0.717, 1.165) is 19.3 Å². The van der Waals surface area contributed by atoms with Crippen LogP contribution in [0.2, 0.25) is 0 Å². The van der Waals surface area contributed by atoms with Crippen LogP contribution in [0, 0.1) is 0 Å². The van der Waals surface area contributed by atoms with E-state index < -0.39 is 33.2 Å². The predicted molar refractivity (Wildman–Crippen MR) is 99.3 cm³/mol. The molecule has 9 heteroatoms. The Hall–Kier alpha value is -0.150. The molecule has 0 bridgehead atoms. The second kappa shape index (κ2) is 14.0. The van der Waals surface area contributed by atoms with Crippen molar-refractivity contribution >= 4 is 51.6 Å². The number of unbranched alkanes of at least 4 members (excludes halogenated alkanes) is 9. The molecule has 0 heterocycles. The van der Waals surface area contributed by atoms with Crippen molar-refractivity contribution in [3.05, 3.63) is 0 Å². The fraction of sp³-hybridized carbons (Fsp3) is 0.875. The van der Waals surface area contributed by atoms with E-state index in [-0.39, 0.29) is 36.0 Å². The summed E-state index contributed by atoms with van der Waals surface area (Å²) in [6.07, 6.45) is 8.80. The number of carbonyl (C=O) groups is 2. The molecule has 0 spiro atoms. The normalized spacial score (nSPS) is 13.7. The molecule has 25 heavy (non-hydrogen) atoms. The molecule has 0 radical (unpaired) electrons. The summed E-state index contributed by atoms with van der Waals surface area (Å²) < 4.78 is 29.7. The third kappa shape index (κ3) is 10.6. The quantitative estimate of drug-likeness (QED) is 0.223. The number of hydrogen-bond donors (Lipinski definition) is 3. The number of nitrogens with two attached hydrogens (primary N) is 1. The van der Waals surface area contributed by atoms with Crippen LogP contribution >= 0.6 is 0 Å². The van der Waals surface area contributed by atoms with Crippen LogP contribution in [0.15, 0.2) is 0 Å². The summed E-state index contributed by atoms with van der Waals surface area (Å²) in [6, 6.07) is 0. The topological polar surface area (TPSA) is 135 Å². The van der Waals surface area contributed by atoms with Crippen molar-refractivity contribution in [2.75, 3.05) is 0 Å². The average molecular weight is 389 g/mol. The van der Waals surface area contributed by atoms with Gasteiger partial charge in [0, 0.05) is 0 Å². The van der Waals surface area contributed by atoms with Crippen molar-refractivity contribution in [3.8, 4) is 0 Å². The van der Waals surface area contributed by atoms with Gasteiger partial charge >= 0.3 is 35.5 Å². The van der Waals surface area contributed by atoms with Gasteiger partial charge in [-0.05, 0) is 6.42 Å². The Morgan fingerprint density at radius 2 is 1.32 bits per heavy atom. The van der Waals surface area contributed by atoms with Gasteiger partial charge in [0.25, 0.3) is 10.1 Å². The maximum atomic E-state index is 11.5. The Morgan fingerprint density at radius 1 is 0.920 bits per heavy atom. The zero-order valence-electron chi connectivity index (χ0n) is 14.5. The van der Waals surface area contributed by atoms with Crippen LogP contribution < -0.4 is 5.73 Å². The zero-order chi connectivity index (χ0) is 18.6. The van der Waals surface area contributed by atoms with Crippen LogP contribution in [0.1, 0.15) is 84.0 Å². The molecule has 144 valence electrons. The number of carbonyl (C=O) groups excluding carboxylic acids is 1. The second-order valence-electron chi connectivity index (χ2n) is 6.35. The number of hydrogen-bond acceptors (Lipinski definition) is 4. The fourth-order valence-electron chi connectivity index (χ4n) is 2.78. The molecule has 1 unspecified atom stereocenters. The molecule has 7 nitrogen and oxygen atoms in total. The third-order valence-electron chi connectivity index (χ3n) is 4.28. The Balaban J connectivity index is 0. The molecular weight excluding hydrogens is 357 g/mol. The van der Waals surface area contributed by atoms with E-state index in [1.165, 1.54) is 32.1 Å². The van der Waals surface area contributed by atoms with Crippen molar-refractivity contribution in [2.45, 2.75) is 88.7 Å². The van der Waals surface area contributed by atoms with Crippen LogP contribution in [0.25, 0.3) is 0 Å². The van der Waals surface area contributed by atoms with E-state index in [0.29, 0.717) is 12.8 Å². The average Bonchev–Trinajstić information content (AvgIpc) is 2.46. The van der Waals surface area contributed by atoms with E-state index in [9.17, 15) is 27.7 Å². The summed E-state index contributed by atoms with van der Waals surface area (Å²) in [6.45, 7) is 2.17. The van der Waals surface area contributed by atoms with Crippen molar-refractivity contribution in [1.82, 2.24) is 0 Å². The first-order chi connectivity index (χ1) is 11.2. The van der Waals surface area contributed by atoms with Gasteiger partial charge in [-0.2, -0.15) is 8.42 Å². The van der Waals surface area contributed by atoms with Crippen molar-refractivity contribution in [3.63, 3.8) is 0 Å². The van der Waals surface area contributed by atoms with Crippen molar-refractivity contribution < 1.29 is 27.7 Å². The van der Waals surface area contributed by atoms with Gasteiger partial charge in [-0.25, -0.2) is 0 Å². The first kappa shape index (κ1) is 27.1. The summed E-state index contributed by atoms with van der Waals surface area (Å²) >= 11 is 0. The van der Waals surface area contributed by atoms with E-state index in [1.54, 1.807) is 0 Å². The van der Waals surface area contributed by atoms with E-state index >= 15 is 0 Å². The SMILES string of the molecule is CCCCCCCCCCCCC(CC(N)=O)(C(=O)O)S(=O)(=O)O.[NaH]. The van der Waals surface area contributed by atoms with E-state index in [1.807, 2.05) is 0 Å². The summed E-state index contributed by atoms with van der Waals surface area (Å²) in [5.74, 6) is -2.80. The van der Waals surface area contributed by atoms with Crippen LogP contribution in [-0.2, 0) is 19.7 Å². The van der Waals surface area contributed by atoms with Crippen LogP contribution in [0.3, 0.4) is 0 Å². The Bertz CT molecular complexity index is 497. The Labute approximate surface area is 173 Å². The van der Waals surface area contributed by atoms with Gasteiger partial charge < -0.3 is 10.8 Å². The number of aliphatic carboxylic acids is 1. The predicted octanol–water partition coefficient (Wildman–Crippen LogP) is 2.24. The fourth-order valence-corrected chi connectivity index (χ4v) is 3.73. The molecule has 0 saturated heterocycles. The second-order valence-corrected chi connectivity index (χ2v) is 8.08. The number of amides is 1. The van der Waals surface area contributed by atoms with Gasteiger partial charge in [-0.3, -0.25) is 14.1 Å². The monoisotopic (exact) mass is 389 g/mol. The molecule has 0 aliphatic carbocycles. The van der Waals surface area contributed by atoms with Gasteiger partial charge in [0.2, 0.25) is 10.7 Å². The van der Waals surface area contributed by atoms with Crippen LogP contribution in [0.5, 0.6) is 0 Å². The summed E-state index contributed by atoms with van der Waals surface area (Å²) in [5, 5.41) is 9.20. The zero-order valence-corrected chi connectivity index (χ0v) is 15.3. The molecule has 0 aromatic carbocycles. The number of carboxylic acid groups (broad SMARTS) is 1. The molecule has 0 fully saturated rings. The minimum atomic E-state index is -4.93. The number of carboxylic acids is 1. The van der Waals surface area contributed by atoms with Gasteiger partial charge in [0.05, 0.1) is 6.42 Å². The van der Waals surface area contributed by atoms with Gasteiger partial charge in [0.15, 0.2) is 0 Å². The van der Waals surface area contributed by atoms with Gasteiger partial charge in [-0.1, -0.05) is 71.1 Å². The van der Waals surface area contributed by atoms with Crippen LogP contribution in [0.4, 0.5) is 0 Å². The number of primary amides is 1. The molecule has 1 atom stereocenters. The first-order valence-electron chi connectivity index (χ1n) is 8.66. The summed E-state index contributed by atoms with van der Waals surface area (Å²) in [4.78, 5) is 22.4. The molecule has 0 aliphatic rings. The standard InChI is InChI=1S/C16H31NO6S.Na.H/c1-2-3-4-5-6-7-8-9-10-11-12-16(15(19)20,13-14(17)18)24(21,22)23;;/h2-13H2,1H3,(H2,17,18)(H,19,20)(H,21,22,23);;. The molecule has 0 aliphatic heterocycles. The van der Waals surface area contributed by atoms with E-state index in [2.05, 4.69) is 6.92 Å². The van der Waals surface area contributed by atoms with Gasteiger partial charge in [0.1, 0.15) is 0 Å². The Morgan fingerprint density at radius 3 is 1.64 bits per heavy atom. The minimum absolute atomic E-state index is 0. The molecule has 4 N–H and O–H groups in total. The van der Waals surface area contributed by atoms with Gasteiger partial charge in [-0.15, -0.1) is 0 Å². The van der Waals surface area contributed by atoms with Crippen LogP contribution in [-0.4, -0.2) is 64.3 Å². The molecule has 0 aromatic heterocycles. The molecule has 0 aromatic rings. The van der Waals surface area contributed by atoms with E-state index in [4.69, 9.17) is 5.73 Å². The molecule has 0 saturated carbocycles. The molecular formula is C16H32NNaO6S. The van der Waals surface area contributed by atoms with Crippen molar-refractivity contribution in [1.29, 1.82) is 0 Å². The first-order valence-corrected chi connectivity index (χ1v) is 10.1. The Kier molecular flexibility index (Phi) is 15.1. The molecule has 0 rings (SSSR count). The molecule has 1 amide bonds. The third-order valence-corrected chi connectivity index (χ3v) is 5.79. The maximum absolute atomic E-state index is 11.5. The number of rotatable bonds is 15. The van der Waals surface area contributed by atoms with Crippen molar-refractivity contribution in [2.24, 2.45) is 5.73 Å². The summed E-state index contributed by atoms with van der Waals surface area (Å²) in [5.41, 5.74) is 4.96.